The number of hydrogen-bond donors (Lipinski definition) is 1. The van der Waals surface area contributed by atoms with Crippen LogP contribution in [0.3, 0.4) is 0 Å². The van der Waals surface area contributed by atoms with Crippen LogP contribution in [0.25, 0.3) is 0 Å². The van der Waals surface area contributed by atoms with E-state index in [4.69, 9.17) is 4.74 Å². The lowest BCUT2D eigenvalue weighted by Gasteiger charge is -2.24. The molecule has 1 aliphatic carbocycles. The molecule has 0 spiro atoms. The summed E-state index contributed by atoms with van der Waals surface area (Å²) in [7, 11) is 0. The molecule has 0 aliphatic heterocycles. The van der Waals surface area contributed by atoms with Crippen LogP contribution in [0.1, 0.15) is 25.3 Å². The summed E-state index contributed by atoms with van der Waals surface area (Å²) < 4.78 is 18.9. The van der Waals surface area contributed by atoms with Gasteiger partial charge in [0.2, 0.25) is 0 Å². The first-order valence-electron chi connectivity index (χ1n) is 8.06. The lowest BCUT2D eigenvalue weighted by molar-refractivity contribution is 0.205. The van der Waals surface area contributed by atoms with E-state index in [0.29, 0.717) is 18.8 Å². The van der Waals surface area contributed by atoms with E-state index >= 15 is 0 Å². The van der Waals surface area contributed by atoms with Gasteiger partial charge in [0.05, 0.1) is 31.2 Å². The number of pyridine rings is 1. The van der Waals surface area contributed by atoms with E-state index in [1.807, 2.05) is 31.2 Å². The summed E-state index contributed by atoms with van der Waals surface area (Å²) in [5.41, 5.74) is 1.31. The van der Waals surface area contributed by atoms with Crippen molar-refractivity contribution in [2.75, 3.05) is 11.9 Å². The summed E-state index contributed by atoms with van der Waals surface area (Å²) in [5.74, 6) is 0.304. The smallest absolute Gasteiger partial charge is 0.322 e. The zero-order chi connectivity index (χ0) is 16.9. The van der Waals surface area contributed by atoms with E-state index < -0.39 is 5.82 Å². The number of aromatic nitrogens is 1. The van der Waals surface area contributed by atoms with Gasteiger partial charge in [0.15, 0.2) is 0 Å². The van der Waals surface area contributed by atoms with Crippen LogP contribution in [-0.4, -0.2) is 28.6 Å². The standard InChI is InChI=1S/C18H20FN3O2/c1-2-24-17-6-4-3-5-13(17)12-22(16-7-8-16)18(23)21-15-9-14(19)10-20-11-15/h3-6,9-11,16H,2,7-8,12H2,1H3,(H,21,23). The number of rotatable bonds is 6. The molecule has 0 atom stereocenters. The van der Waals surface area contributed by atoms with Crippen LogP contribution in [-0.2, 0) is 6.54 Å². The van der Waals surface area contributed by atoms with Crippen LogP contribution in [0, 0.1) is 5.82 Å². The van der Waals surface area contributed by atoms with E-state index in [0.717, 1.165) is 30.4 Å². The van der Waals surface area contributed by atoms with Crippen molar-refractivity contribution in [3.63, 3.8) is 0 Å². The fraction of sp³-hybridized carbons (Fsp3) is 0.333. The molecule has 1 N–H and O–H groups in total. The van der Waals surface area contributed by atoms with Gasteiger partial charge >= 0.3 is 6.03 Å². The van der Waals surface area contributed by atoms with Gasteiger partial charge in [-0.05, 0) is 25.8 Å². The van der Waals surface area contributed by atoms with Gasteiger partial charge in [0, 0.05) is 17.7 Å². The first kappa shape index (κ1) is 16.2. The number of hydrogen-bond acceptors (Lipinski definition) is 3. The SMILES string of the molecule is CCOc1ccccc1CN(C(=O)Nc1cncc(F)c1)C1CC1. The molecule has 126 valence electrons. The van der Waals surface area contributed by atoms with Crippen molar-refractivity contribution in [1.29, 1.82) is 0 Å². The molecule has 5 nitrogen and oxygen atoms in total. The second-order valence-electron chi connectivity index (χ2n) is 5.72. The second-order valence-corrected chi connectivity index (χ2v) is 5.72. The van der Waals surface area contributed by atoms with Gasteiger partial charge in [-0.2, -0.15) is 0 Å². The maximum atomic E-state index is 13.2. The Morgan fingerprint density at radius 1 is 1.38 bits per heavy atom. The fourth-order valence-electron chi connectivity index (χ4n) is 2.54. The summed E-state index contributed by atoms with van der Waals surface area (Å²) in [6.45, 7) is 2.95. The van der Waals surface area contributed by atoms with Crippen molar-refractivity contribution in [2.24, 2.45) is 0 Å². The maximum absolute atomic E-state index is 13.2. The predicted molar refractivity (Wildman–Crippen MR) is 89.4 cm³/mol. The first-order chi connectivity index (χ1) is 11.7. The molecule has 6 heteroatoms. The van der Waals surface area contributed by atoms with Gasteiger partial charge in [0.25, 0.3) is 0 Å². The number of benzene rings is 1. The van der Waals surface area contributed by atoms with Crippen LogP contribution in [0.15, 0.2) is 42.7 Å². The molecule has 0 saturated heterocycles. The van der Waals surface area contributed by atoms with Gasteiger partial charge in [-0.1, -0.05) is 18.2 Å². The van der Waals surface area contributed by atoms with Crippen molar-refractivity contribution in [3.8, 4) is 5.75 Å². The van der Waals surface area contributed by atoms with E-state index in [9.17, 15) is 9.18 Å². The fourth-order valence-corrected chi connectivity index (χ4v) is 2.54. The number of para-hydroxylation sites is 1. The Balaban J connectivity index is 1.74. The zero-order valence-electron chi connectivity index (χ0n) is 13.5. The Morgan fingerprint density at radius 2 is 2.17 bits per heavy atom. The van der Waals surface area contributed by atoms with Gasteiger partial charge in [0.1, 0.15) is 11.6 Å². The molecule has 0 bridgehead atoms. The Labute approximate surface area is 140 Å². The zero-order valence-corrected chi connectivity index (χ0v) is 13.5. The lowest BCUT2D eigenvalue weighted by atomic mass is 10.2. The third kappa shape index (κ3) is 4.01. The third-order valence-electron chi connectivity index (χ3n) is 3.82. The van der Waals surface area contributed by atoms with Gasteiger partial charge in [-0.3, -0.25) is 4.98 Å². The molecule has 1 aromatic heterocycles. The minimum absolute atomic E-state index is 0.209. The Hall–Kier alpha value is -2.63. The van der Waals surface area contributed by atoms with E-state index in [2.05, 4.69) is 10.3 Å². The quantitative estimate of drug-likeness (QED) is 0.876. The molecule has 0 radical (unpaired) electrons. The number of carbonyl (C=O) groups is 1. The molecule has 1 saturated carbocycles. The normalized spacial score (nSPS) is 13.4. The lowest BCUT2D eigenvalue weighted by Crippen LogP contribution is -2.36. The molecular weight excluding hydrogens is 309 g/mol. The summed E-state index contributed by atoms with van der Waals surface area (Å²) >= 11 is 0. The van der Waals surface area contributed by atoms with Gasteiger partial charge in [-0.15, -0.1) is 0 Å². The Kier molecular flexibility index (Phi) is 4.93. The highest BCUT2D eigenvalue weighted by atomic mass is 19.1. The van der Waals surface area contributed by atoms with Crippen LogP contribution < -0.4 is 10.1 Å². The summed E-state index contributed by atoms with van der Waals surface area (Å²) in [4.78, 5) is 18.1. The number of urea groups is 1. The predicted octanol–water partition coefficient (Wildman–Crippen LogP) is 3.82. The number of ether oxygens (including phenoxy) is 1. The molecule has 1 fully saturated rings. The summed E-state index contributed by atoms with van der Waals surface area (Å²) in [5, 5.41) is 2.72. The second kappa shape index (κ2) is 7.29. The highest BCUT2D eigenvalue weighted by molar-refractivity contribution is 5.89. The molecule has 1 aromatic carbocycles. The number of carbonyl (C=O) groups excluding carboxylic acids is 1. The van der Waals surface area contributed by atoms with Crippen LogP contribution in [0.2, 0.25) is 0 Å². The summed E-state index contributed by atoms with van der Waals surface area (Å²) in [6.07, 6.45) is 4.49. The molecular formula is C18H20FN3O2. The van der Waals surface area contributed by atoms with Gasteiger partial charge < -0.3 is 15.0 Å². The average molecular weight is 329 g/mol. The van der Waals surface area contributed by atoms with E-state index in [1.54, 1.807) is 4.90 Å². The molecule has 1 heterocycles. The number of nitrogens with zero attached hydrogens (tertiary/aromatic N) is 2. The number of nitrogens with one attached hydrogen (secondary N) is 1. The van der Waals surface area contributed by atoms with Crippen molar-refractivity contribution in [1.82, 2.24) is 9.88 Å². The minimum atomic E-state index is -0.479. The third-order valence-corrected chi connectivity index (χ3v) is 3.82. The van der Waals surface area contributed by atoms with E-state index in [-0.39, 0.29) is 12.1 Å². The van der Waals surface area contributed by atoms with Crippen molar-refractivity contribution < 1.29 is 13.9 Å². The molecule has 3 rings (SSSR count). The topological polar surface area (TPSA) is 54.5 Å². The van der Waals surface area contributed by atoms with Crippen molar-refractivity contribution >= 4 is 11.7 Å². The van der Waals surface area contributed by atoms with Crippen LogP contribution in [0.5, 0.6) is 5.75 Å². The number of amides is 2. The molecule has 24 heavy (non-hydrogen) atoms. The van der Waals surface area contributed by atoms with Crippen molar-refractivity contribution in [2.45, 2.75) is 32.4 Å². The van der Waals surface area contributed by atoms with Crippen LogP contribution in [0.4, 0.5) is 14.9 Å². The highest BCUT2D eigenvalue weighted by Gasteiger charge is 2.33. The van der Waals surface area contributed by atoms with Crippen molar-refractivity contribution in [3.05, 3.63) is 54.1 Å². The molecule has 2 aromatic rings. The van der Waals surface area contributed by atoms with Gasteiger partial charge in [-0.25, -0.2) is 9.18 Å². The minimum Gasteiger partial charge on any atom is -0.494 e. The van der Waals surface area contributed by atoms with Crippen LogP contribution >= 0.6 is 0 Å². The number of anilines is 1. The average Bonchev–Trinajstić information content (AvgIpc) is 3.39. The highest BCUT2D eigenvalue weighted by Crippen LogP contribution is 2.31. The monoisotopic (exact) mass is 329 g/mol. The molecule has 1 aliphatic rings. The largest absolute Gasteiger partial charge is 0.494 e. The number of halogens is 1. The molecule has 0 unspecified atom stereocenters. The van der Waals surface area contributed by atoms with E-state index in [1.165, 1.54) is 12.3 Å². The Bertz CT molecular complexity index is 719. The Morgan fingerprint density at radius 3 is 2.88 bits per heavy atom. The molecule has 2 amide bonds. The first-order valence-corrected chi connectivity index (χ1v) is 8.06. The maximum Gasteiger partial charge on any atom is 0.322 e. The summed E-state index contributed by atoms with van der Waals surface area (Å²) in [6, 6.07) is 8.91.